The van der Waals surface area contributed by atoms with Gasteiger partial charge in [-0.1, -0.05) is 0 Å². The zero-order valence-corrected chi connectivity index (χ0v) is 10.3. The molecule has 1 atom stereocenters. The molecule has 2 rings (SSSR count). The average Bonchev–Trinajstić information content (AvgIpc) is 2.16. The van der Waals surface area contributed by atoms with Crippen molar-refractivity contribution in [1.82, 2.24) is 0 Å². The molecule has 1 aromatic carbocycles. The zero-order valence-electron chi connectivity index (χ0n) is 8.63. The molecule has 0 saturated carbocycles. The van der Waals surface area contributed by atoms with E-state index in [4.69, 9.17) is 0 Å². The van der Waals surface area contributed by atoms with Crippen LogP contribution in [0.25, 0.3) is 0 Å². The van der Waals surface area contributed by atoms with Gasteiger partial charge in [-0.25, -0.2) is 4.39 Å². The van der Waals surface area contributed by atoms with E-state index in [2.05, 4.69) is 12.2 Å². The molecule has 1 unspecified atom stereocenters. The summed E-state index contributed by atoms with van der Waals surface area (Å²) >= 11 is 1.90. The van der Waals surface area contributed by atoms with E-state index < -0.39 is 0 Å². The second kappa shape index (κ2) is 5.61. The van der Waals surface area contributed by atoms with Crippen LogP contribution < -0.4 is 5.32 Å². The summed E-state index contributed by atoms with van der Waals surface area (Å²) in [6, 6.07) is 5.00. The van der Waals surface area contributed by atoms with Crippen molar-refractivity contribution in [2.75, 3.05) is 17.6 Å². The van der Waals surface area contributed by atoms with Gasteiger partial charge >= 0.3 is 0 Å². The number of halogens is 2. The Labute approximate surface area is 100 Å². The van der Waals surface area contributed by atoms with Crippen LogP contribution >= 0.6 is 24.2 Å². The van der Waals surface area contributed by atoms with Gasteiger partial charge in [0, 0.05) is 17.5 Å². The molecule has 0 saturated heterocycles. The van der Waals surface area contributed by atoms with Crippen LogP contribution in [0.2, 0.25) is 0 Å². The highest BCUT2D eigenvalue weighted by atomic mass is 35.5. The molecule has 4 heteroatoms. The molecular formula is C11H15ClFNS. The first-order valence-electron chi connectivity index (χ1n) is 4.92. The van der Waals surface area contributed by atoms with Crippen molar-refractivity contribution in [3.63, 3.8) is 0 Å². The van der Waals surface area contributed by atoms with Gasteiger partial charge in [-0.15, -0.1) is 12.4 Å². The van der Waals surface area contributed by atoms with Crippen LogP contribution in [0, 0.1) is 5.82 Å². The van der Waals surface area contributed by atoms with Gasteiger partial charge < -0.3 is 5.32 Å². The first kappa shape index (κ1) is 12.7. The highest BCUT2D eigenvalue weighted by Crippen LogP contribution is 2.35. The molecule has 0 aromatic heterocycles. The number of hydrogen-bond donors (Lipinski definition) is 1. The largest absolute Gasteiger partial charge is 0.385 e. The lowest BCUT2D eigenvalue weighted by atomic mass is 10.1. The Morgan fingerprint density at radius 3 is 3.07 bits per heavy atom. The first-order chi connectivity index (χ1) is 6.77. The Bertz CT molecular complexity index is 332. The van der Waals surface area contributed by atoms with E-state index >= 15 is 0 Å². The Morgan fingerprint density at radius 2 is 2.27 bits per heavy atom. The Kier molecular flexibility index (Phi) is 4.74. The van der Waals surface area contributed by atoms with Crippen molar-refractivity contribution in [3.05, 3.63) is 29.6 Å². The van der Waals surface area contributed by atoms with Crippen LogP contribution in [0.4, 0.5) is 10.1 Å². The highest BCUT2D eigenvalue weighted by molar-refractivity contribution is 7.99. The van der Waals surface area contributed by atoms with Crippen molar-refractivity contribution in [3.8, 4) is 0 Å². The summed E-state index contributed by atoms with van der Waals surface area (Å²) in [5, 5.41) is 3.73. The van der Waals surface area contributed by atoms with E-state index in [1.165, 1.54) is 12.5 Å². The van der Waals surface area contributed by atoms with Crippen LogP contribution in [0.3, 0.4) is 0 Å². The minimum Gasteiger partial charge on any atom is -0.385 e. The number of benzene rings is 1. The maximum atomic E-state index is 13.1. The lowest BCUT2D eigenvalue weighted by Crippen LogP contribution is -2.09. The van der Waals surface area contributed by atoms with Gasteiger partial charge in [-0.3, -0.25) is 0 Å². The van der Waals surface area contributed by atoms with Gasteiger partial charge in [0.1, 0.15) is 5.82 Å². The second-order valence-corrected chi connectivity index (χ2v) is 4.97. The molecule has 1 aliphatic rings. The molecule has 0 radical (unpaired) electrons. The van der Waals surface area contributed by atoms with Crippen molar-refractivity contribution in [1.29, 1.82) is 0 Å². The third-order valence-corrected chi connectivity index (χ3v) is 3.73. The Hall–Kier alpha value is -0.410. The molecule has 1 nitrogen and oxygen atoms in total. The molecule has 0 amide bonds. The van der Waals surface area contributed by atoms with E-state index in [9.17, 15) is 4.39 Å². The van der Waals surface area contributed by atoms with Gasteiger partial charge in [0.05, 0.1) is 0 Å². The van der Waals surface area contributed by atoms with E-state index in [-0.39, 0.29) is 18.2 Å². The molecule has 1 N–H and O–H groups in total. The van der Waals surface area contributed by atoms with Crippen LogP contribution in [0.1, 0.15) is 24.2 Å². The van der Waals surface area contributed by atoms with Gasteiger partial charge in [0.15, 0.2) is 0 Å². The van der Waals surface area contributed by atoms with Gasteiger partial charge in [0.2, 0.25) is 0 Å². The molecule has 0 spiro atoms. The predicted octanol–water partition coefficient (Wildman–Crippen LogP) is 3.86. The maximum Gasteiger partial charge on any atom is 0.123 e. The molecular weight excluding hydrogens is 233 g/mol. The molecule has 1 heterocycles. The van der Waals surface area contributed by atoms with Crippen LogP contribution in [0.15, 0.2) is 18.2 Å². The third-order valence-electron chi connectivity index (χ3n) is 2.46. The maximum absolute atomic E-state index is 13.1. The van der Waals surface area contributed by atoms with Gasteiger partial charge in [-0.05, 0) is 42.9 Å². The normalized spacial score (nSPS) is 20.3. The molecule has 1 aromatic rings. The van der Waals surface area contributed by atoms with Crippen LogP contribution in [-0.2, 0) is 0 Å². The van der Waals surface area contributed by atoms with Crippen molar-refractivity contribution in [2.45, 2.75) is 18.6 Å². The summed E-state index contributed by atoms with van der Waals surface area (Å²) in [5.41, 5.74) is 2.18. The number of hydrogen-bond acceptors (Lipinski definition) is 2. The van der Waals surface area contributed by atoms with Crippen LogP contribution in [0.5, 0.6) is 0 Å². The predicted molar refractivity (Wildman–Crippen MR) is 67.6 cm³/mol. The Morgan fingerprint density at radius 1 is 1.47 bits per heavy atom. The third kappa shape index (κ3) is 3.02. The number of rotatable bonds is 0. The molecule has 84 valence electrons. The molecule has 1 aliphatic heterocycles. The summed E-state index contributed by atoms with van der Waals surface area (Å²) in [5.74, 6) is 1.00. The van der Waals surface area contributed by atoms with Crippen molar-refractivity contribution < 1.29 is 4.39 Å². The number of nitrogens with one attached hydrogen (secondary N) is 1. The zero-order chi connectivity index (χ0) is 9.97. The summed E-state index contributed by atoms with van der Waals surface area (Å²) < 4.78 is 13.1. The standard InChI is InChI=1S/C11H14FNS.ClH/c1-8-10-7-9(12)3-4-11(10)13-5-2-6-14-8;/h3-4,7-8,13H,2,5-6H2,1H3;1H. The van der Waals surface area contributed by atoms with Crippen molar-refractivity contribution >= 4 is 29.9 Å². The molecule has 0 aliphatic carbocycles. The topological polar surface area (TPSA) is 12.0 Å². The molecule has 0 bridgehead atoms. The first-order valence-corrected chi connectivity index (χ1v) is 5.97. The second-order valence-electron chi connectivity index (χ2n) is 3.52. The smallest absolute Gasteiger partial charge is 0.123 e. The number of fused-ring (bicyclic) bond motifs is 1. The van der Waals surface area contributed by atoms with E-state index in [1.807, 2.05) is 17.8 Å². The van der Waals surface area contributed by atoms with Gasteiger partial charge in [0.25, 0.3) is 0 Å². The highest BCUT2D eigenvalue weighted by Gasteiger charge is 2.14. The average molecular weight is 248 g/mol. The lowest BCUT2D eigenvalue weighted by Gasteiger charge is -2.20. The lowest BCUT2D eigenvalue weighted by molar-refractivity contribution is 0.625. The Balaban J connectivity index is 0.00000112. The van der Waals surface area contributed by atoms with Crippen molar-refractivity contribution in [2.24, 2.45) is 0 Å². The van der Waals surface area contributed by atoms with E-state index in [0.717, 1.165) is 23.5 Å². The SMILES string of the molecule is CC1SCCCNc2ccc(F)cc21.Cl. The number of anilines is 1. The minimum atomic E-state index is -0.140. The summed E-state index contributed by atoms with van der Waals surface area (Å²) in [4.78, 5) is 0. The summed E-state index contributed by atoms with van der Waals surface area (Å²) in [6.45, 7) is 3.12. The fourth-order valence-corrected chi connectivity index (χ4v) is 2.72. The summed E-state index contributed by atoms with van der Waals surface area (Å²) in [7, 11) is 0. The monoisotopic (exact) mass is 247 g/mol. The fraction of sp³-hybridized carbons (Fsp3) is 0.455. The quantitative estimate of drug-likeness (QED) is 0.747. The van der Waals surface area contributed by atoms with E-state index in [1.54, 1.807) is 6.07 Å². The minimum absolute atomic E-state index is 0. The van der Waals surface area contributed by atoms with Gasteiger partial charge in [-0.2, -0.15) is 11.8 Å². The molecule has 0 fully saturated rings. The van der Waals surface area contributed by atoms with Crippen LogP contribution in [-0.4, -0.2) is 12.3 Å². The fourth-order valence-electron chi connectivity index (χ4n) is 1.68. The molecule has 15 heavy (non-hydrogen) atoms. The summed E-state index contributed by atoms with van der Waals surface area (Å²) in [6.07, 6.45) is 1.17. The van der Waals surface area contributed by atoms with E-state index in [0.29, 0.717) is 5.25 Å². The number of thioether (sulfide) groups is 1.